The molecule has 7 heteroatoms. The molecule has 2 aromatic rings. The maximum atomic E-state index is 12.0. The number of alkyl halides is 2. The Hall–Kier alpha value is -1.37. The molecule has 29 heavy (non-hydrogen) atoms. The van der Waals surface area contributed by atoms with Crippen LogP contribution in [0.25, 0.3) is 0 Å². The molecule has 4 nitrogen and oxygen atoms in total. The molecule has 0 bridgehead atoms. The largest absolute Gasteiger partial charge is 0.467 e. The van der Waals surface area contributed by atoms with Crippen LogP contribution in [0, 0.1) is 0 Å². The average molecular weight is 455 g/mol. The fraction of sp³-hybridized carbons (Fsp3) is 0.409. The highest BCUT2D eigenvalue weighted by atomic mass is 35.5. The molecule has 0 aliphatic rings. The van der Waals surface area contributed by atoms with E-state index in [0.29, 0.717) is 0 Å². The van der Waals surface area contributed by atoms with Gasteiger partial charge in [0.2, 0.25) is 4.33 Å². The molecule has 0 saturated heterocycles. The first-order chi connectivity index (χ1) is 13.5. The Bertz CT molecular complexity index is 767. The third-order valence-corrected chi connectivity index (χ3v) is 10.9. The van der Waals surface area contributed by atoms with E-state index in [9.17, 15) is 9.90 Å². The number of rotatable bonds is 7. The first-order valence-corrected chi connectivity index (χ1v) is 12.1. The number of ether oxygens (including phenoxy) is 1. The number of aliphatic hydroxyl groups is 1. The number of aliphatic hydroxyl groups excluding tert-OH is 1. The van der Waals surface area contributed by atoms with Crippen molar-refractivity contribution in [2.75, 3.05) is 7.11 Å². The second-order valence-electron chi connectivity index (χ2n) is 8.05. The van der Waals surface area contributed by atoms with Crippen LogP contribution in [0.2, 0.25) is 5.04 Å². The molecule has 2 atom stereocenters. The fourth-order valence-corrected chi connectivity index (χ4v) is 8.80. The first-order valence-electron chi connectivity index (χ1n) is 9.41. The normalized spacial score (nSPS) is 14.9. The Labute approximate surface area is 183 Å². The second-order valence-corrected chi connectivity index (χ2v) is 13.7. The molecular weight excluding hydrogens is 427 g/mol. The minimum atomic E-state index is -2.93. The van der Waals surface area contributed by atoms with E-state index in [-0.39, 0.29) is 5.04 Å². The summed E-state index contributed by atoms with van der Waals surface area (Å²) in [6, 6.07) is 19.9. The van der Waals surface area contributed by atoms with E-state index in [2.05, 4.69) is 25.5 Å². The van der Waals surface area contributed by atoms with Crippen molar-refractivity contribution in [3.8, 4) is 0 Å². The van der Waals surface area contributed by atoms with Crippen LogP contribution in [-0.2, 0) is 14.0 Å². The summed E-state index contributed by atoms with van der Waals surface area (Å²) >= 11 is 12.3. The third kappa shape index (κ3) is 4.70. The summed E-state index contributed by atoms with van der Waals surface area (Å²) in [4.78, 5) is 12.0. The summed E-state index contributed by atoms with van der Waals surface area (Å²) in [5.74, 6) is -0.925. The van der Waals surface area contributed by atoms with E-state index >= 15 is 0 Å². The van der Waals surface area contributed by atoms with Gasteiger partial charge >= 0.3 is 5.97 Å². The predicted octanol–water partition coefficient (Wildman–Crippen LogP) is 3.66. The van der Waals surface area contributed by atoms with Gasteiger partial charge in [-0.1, -0.05) is 105 Å². The van der Waals surface area contributed by atoms with E-state index in [1.54, 1.807) is 6.92 Å². The van der Waals surface area contributed by atoms with Gasteiger partial charge in [-0.25, -0.2) is 4.79 Å². The lowest BCUT2D eigenvalue weighted by Gasteiger charge is -2.46. The van der Waals surface area contributed by atoms with Gasteiger partial charge in [-0.15, -0.1) is 0 Å². The molecule has 0 unspecified atom stereocenters. The van der Waals surface area contributed by atoms with Gasteiger partial charge in [-0.05, 0) is 22.3 Å². The summed E-state index contributed by atoms with van der Waals surface area (Å²) in [5.41, 5.74) is 0. The van der Waals surface area contributed by atoms with Crippen LogP contribution in [0.3, 0.4) is 0 Å². The number of hydrogen-bond donors (Lipinski definition) is 1. The van der Waals surface area contributed by atoms with Crippen molar-refractivity contribution in [3.05, 3.63) is 60.7 Å². The van der Waals surface area contributed by atoms with Crippen molar-refractivity contribution in [2.24, 2.45) is 0 Å². The number of methoxy groups -OCH3 is 1. The van der Waals surface area contributed by atoms with Gasteiger partial charge < -0.3 is 14.3 Å². The van der Waals surface area contributed by atoms with Crippen molar-refractivity contribution >= 4 is 47.9 Å². The first kappa shape index (κ1) is 23.9. The lowest BCUT2D eigenvalue weighted by molar-refractivity contribution is -0.145. The predicted molar refractivity (Wildman–Crippen MR) is 121 cm³/mol. The van der Waals surface area contributed by atoms with E-state index in [1.807, 2.05) is 60.7 Å². The standard InChI is InChI=1S/C22H28Cl2O4Si/c1-16(19(25)22(23,24)20(26)27-5)28-29(21(2,3)4,17-12-8-6-9-13-17)18-14-10-7-11-15-18/h6-16,19,25H,1-5H3/t16-,19-/m1/s1. The fourth-order valence-electron chi connectivity index (χ4n) is 3.59. The number of esters is 1. The van der Waals surface area contributed by atoms with Crippen molar-refractivity contribution in [1.82, 2.24) is 0 Å². The lowest BCUT2D eigenvalue weighted by atomic mass is 10.1. The molecule has 0 fully saturated rings. The quantitative estimate of drug-likeness (QED) is 0.393. The molecule has 0 aliphatic heterocycles. The van der Waals surface area contributed by atoms with E-state index in [4.69, 9.17) is 27.6 Å². The van der Waals surface area contributed by atoms with Crippen LogP contribution in [0.1, 0.15) is 27.7 Å². The Morgan fingerprint density at radius 2 is 1.38 bits per heavy atom. The summed E-state index contributed by atoms with van der Waals surface area (Å²) in [6.45, 7) is 8.03. The second kappa shape index (κ2) is 9.19. The van der Waals surface area contributed by atoms with Crippen LogP contribution in [0.15, 0.2) is 60.7 Å². The molecule has 0 radical (unpaired) electrons. The monoisotopic (exact) mass is 454 g/mol. The van der Waals surface area contributed by atoms with Gasteiger partial charge in [-0.2, -0.15) is 0 Å². The molecule has 1 N–H and O–H groups in total. The summed E-state index contributed by atoms with van der Waals surface area (Å²) in [7, 11) is -1.76. The minimum Gasteiger partial charge on any atom is -0.467 e. The zero-order valence-electron chi connectivity index (χ0n) is 17.4. The Kier molecular flexibility index (Phi) is 7.57. The molecule has 2 aromatic carbocycles. The maximum Gasteiger partial charge on any atom is 0.345 e. The molecule has 0 aromatic heterocycles. The molecule has 0 amide bonds. The minimum absolute atomic E-state index is 0.295. The smallest absolute Gasteiger partial charge is 0.345 e. The highest BCUT2D eigenvalue weighted by Crippen LogP contribution is 2.39. The Balaban J connectivity index is 2.61. The number of carbonyl (C=O) groups excluding carboxylic acids is 1. The van der Waals surface area contributed by atoms with Gasteiger partial charge in [-0.3, -0.25) is 0 Å². The lowest BCUT2D eigenvalue weighted by Crippen LogP contribution is -2.69. The van der Waals surface area contributed by atoms with Crippen molar-refractivity contribution < 1.29 is 19.1 Å². The maximum absolute atomic E-state index is 12.0. The third-order valence-electron chi connectivity index (χ3n) is 5.05. The zero-order chi connectivity index (χ0) is 21.9. The number of carbonyl (C=O) groups is 1. The highest BCUT2D eigenvalue weighted by molar-refractivity contribution is 6.99. The van der Waals surface area contributed by atoms with Crippen LogP contribution >= 0.6 is 23.2 Å². The van der Waals surface area contributed by atoms with Crippen molar-refractivity contribution in [1.29, 1.82) is 0 Å². The highest BCUT2D eigenvalue weighted by Gasteiger charge is 2.54. The van der Waals surface area contributed by atoms with Gasteiger partial charge in [0.05, 0.1) is 13.2 Å². The van der Waals surface area contributed by atoms with E-state index < -0.39 is 30.8 Å². The SMILES string of the molecule is COC(=O)C(Cl)(Cl)[C@H](O)[C@@H](C)O[Si](c1ccccc1)(c1ccccc1)C(C)(C)C. The van der Waals surface area contributed by atoms with E-state index in [1.165, 1.54) is 7.11 Å². The summed E-state index contributed by atoms with van der Waals surface area (Å²) in [6.07, 6.45) is -2.32. The van der Waals surface area contributed by atoms with E-state index in [0.717, 1.165) is 10.4 Å². The number of benzene rings is 2. The molecule has 0 spiro atoms. The zero-order valence-corrected chi connectivity index (χ0v) is 19.9. The molecule has 0 aliphatic carbocycles. The average Bonchev–Trinajstić information content (AvgIpc) is 2.70. The number of hydrogen-bond acceptors (Lipinski definition) is 4. The molecule has 0 saturated carbocycles. The molecule has 0 heterocycles. The van der Waals surface area contributed by atoms with Gasteiger partial charge in [0.1, 0.15) is 6.10 Å². The van der Waals surface area contributed by atoms with Gasteiger partial charge in [0.25, 0.3) is 8.32 Å². The Morgan fingerprint density at radius 3 is 1.72 bits per heavy atom. The topological polar surface area (TPSA) is 55.8 Å². The Morgan fingerprint density at radius 1 is 0.966 bits per heavy atom. The molecule has 158 valence electrons. The van der Waals surface area contributed by atoms with Crippen molar-refractivity contribution in [2.45, 2.75) is 49.3 Å². The number of halogens is 2. The van der Waals surface area contributed by atoms with Crippen LogP contribution < -0.4 is 10.4 Å². The molecular formula is C22H28Cl2O4Si. The van der Waals surface area contributed by atoms with Crippen LogP contribution in [0.5, 0.6) is 0 Å². The summed E-state index contributed by atoms with van der Waals surface area (Å²) in [5, 5.41) is 12.6. The summed E-state index contributed by atoms with van der Waals surface area (Å²) < 4.78 is 9.24. The van der Waals surface area contributed by atoms with Crippen LogP contribution in [0.4, 0.5) is 0 Å². The van der Waals surface area contributed by atoms with Crippen LogP contribution in [-0.4, -0.2) is 43.0 Å². The van der Waals surface area contributed by atoms with Gasteiger partial charge in [0.15, 0.2) is 0 Å². The molecule has 2 rings (SSSR count). The van der Waals surface area contributed by atoms with Gasteiger partial charge in [0, 0.05) is 0 Å². The van der Waals surface area contributed by atoms with Crippen molar-refractivity contribution in [3.63, 3.8) is 0 Å².